The molecule has 0 spiro atoms. The maximum absolute atomic E-state index is 2.21. The molecule has 0 heterocycles. The summed E-state index contributed by atoms with van der Waals surface area (Å²) in [5.74, 6) is 0. The number of hydrogen-bond donors (Lipinski definition) is 0. The standard InChI is InChI=1S/2C10H13.3O.2Sn/c2*1-2-3-7-10-8-5-4-6-9-10;;;;;/h2*4-6,8-9H,1-3,7H2;;;;;/q;;3*-2;2*+3. The van der Waals surface area contributed by atoms with Gasteiger partial charge >= 0.3 is 164 Å². The summed E-state index contributed by atoms with van der Waals surface area (Å²) >= 11 is 3.35. The zero-order valence-electron chi connectivity index (χ0n) is 14.7. The van der Waals surface area contributed by atoms with E-state index in [9.17, 15) is 0 Å². The molecular weight excluding hydrogens is 526 g/mol. The van der Waals surface area contributed by atoms with Crippen LogP contribution in [0.3, 0.4) is 0 Å². The molecule has 0 aliphatic carbocycles. The second kappa shape index (κ2) is 22.0. The van der Waals surface area contributed by atoms with Gasteiger partial charge in [-0.1, -0.05) is 0 Å². The molecule has 0 saturated heterocycles. The van der Waals surface area contributed by atoms with Crippen LogP contribution in [0.1, 0.15) is 36.8 Å². The van der Waals surface area contributed by atoms with Crippen molar-refractivity contribution < 1.29 is 16.4 Å². The molecule has 0 bridgehead atoms. The fourth-order valence-electron chi connectivity index (χ4n) is 2.20. The quantitative estimate of drug-likeness (QED) is 0.332. The number of unbranched alkanes of at least 4 members (excludes halogenated alkanes) is 2. The van der Waals surface area contributed by atoms with Crippen molar-refractivity contribution in [1.29, 1.82) is 0 Å². The van der Waals surface area contributed by atoms with Crippen molar-refractivity contribution in [3.63, 3.8) is 0 Å². The molecule has 0 unspecified atom stereocenters. The van der Waals surface area contributed by atoms with Crippen LogP contribution in [0.5, 0.6) is 0 Å². The van der Waals surface area contributed by atoms with E-state index in [4.69, 9.17) is 0 Å². The molecule has 3 nitrogen and oxygen atoms in total. The fourth-order valence-corrected chi connectivity index (χ4v) is 3.62. The summed E-state index contributed by atoms with van der Waals surface area (Å²) in [5.41, 5.74) is 2.97. The van der Waals surface area contributed by atoms with Crippen LogP contribution in [-0.2, 0) is 29.3 Å². The third kappa shape index (κ3) is 17.1. The maximum atomic E-state index is 2.21. The van der Waals surface area contributed by atoms with Gasteiger partial charge in [-0.15, -0.1) is 0 Å². The third-order valence-corrected chi connectivity index (χ3v) is 5.49. The summed E-state index contributed by atoms with van der Waals surface area (Å²) in [5, 5.41) is 0. The molecule has 0 amide bonds. The number of hydrogen-bond acceptors (Lipinski definition) is 0. The molecule has 2 aromatic rings. The number of rotatable bonds is 8. The van der Waals surface area contributed by atoms with Crippen molar-refractivity contribution in [2.45, 2.75) is 47.4 Å². The molecule has 0 atom stereocenters. The summed E-state index contributed by atoms with van der Waals surface area (Å²) in [7, 11) is 0. The second-order valence-electron chi connectivity index (χ2n) is 5.39. The fraction of sp³-hybridized carbons (Fsp3) is 0.400. The van der Waals surface area contributed by atoms with Gasteiger partial charge in [-0.2, -0.15) is 0 Å². The van der Waals surface area contributed by atoms with Gasteiger partial charge in [0.2, 0.25) is 0 Å². The van der Waals surface area contributed by atoms with E-state index in [-0.39, 0.29) is 16.4 Å². The van der Waals surface area contributed by atoms with Gasteiger partial charge in [0.15, 0.2) is 0 Å². The summed E-state index contributed by atoms with van der Waals surface area (Å²) in [6.45, 7) is 0. The van der Waals surface area contributed by atoms with Crippen molar-refractivity contribution in [2.24, 2.45) is 0 Å². The first kappa shape index (κ1) is 29.7. The molecule has 2 aromatic carbocycles. The Bertz CT molecular complexity index is 421. The molecule has 0 aliphatic heterocycles. The van der Waals surface area contributed by atoms with Crippen molar-refractivity contribution in [1.82, 2.24) is 0 Å². The Morgan fingerprint density at radius 2 is 0.800 bits per heavy atom. The van der Waals surface area contributed by atoms with Crippen LogP contribution in [-0.4, -0.2) is 45.0 Å². The normalized spacial score (nSPS) is 8.80. The van der Waals surface area contributed by atoms with Crippen molar-refractivity contribution in [3.05, 3.63) is 71.8 Å². The van der Waals surface area contributed by atoms with E-state index in [1.54, 1.807) is 45.0 Å². The Balaban J connectivity index is -0.000000346. The molecule has 0 aliphatic rings. The van der Waals surface area contributed by atoms with Crippen LogP contribution in [0.4, 0.5) is 0 Å². The Labute approximate surface area is 179 Å². The average molecular weight is 552 g/mol. The van der Waals surface area contributed by atoms with Gasteiger partial charge in [0.1, 0.15) is 0 Å². The third-order valence-electron chi connectivity index (χ3n) is 3.47. The Morgan fingerprint density at radius 1 is 0.480 bits per heavy atom. The van der Waals surface area contributed by atoms with Gasteiger partial charge in [0.25, 0.3) is 0 Å². The van der Waals surface area contributed by atoms with E-state index in [1.165, 1.54) is 58.5 Å². The second-order valence-corrected chi connectivity index (χ2v) is 8.24. The number of aryl methyl sites for hydroxylation is 2. The predicted molar refractivity (Wildman–Crippen MR) is 102 cm³/mol. The van der Waals surface area contributed by atoms with Gasteiger partial charge in [-0.05, 0) is 0 Å². The van der Waals surface area contributed by atoms with E-state index >= 15 is 0 Å². The van der Waals surface area contributed by atoms with Gasteiger partial charge < -0.3 is 16.4 Å². The van der Waals surface area contributed by atoms with Gasteiger partial charge in [0, 0.05) is 0 Å². The van der Waals surface area contributed by atoms with E-state index in [2.05, 4.69) is 60.7 Å². The minimum absolute atomic E-state index is 0. The molecule has 0 radical (unpaired) electrons. The first-order valence-corrected chi connectivity index (χ1v) is 12.3. The summed E-state index contributed by atoms with van der Waals surface area (Å²) < 4.78 is 2.80. The molecular formula is C20H26O3Sn2. The molecule has 0 fully saturated rings. The first-order chi connectivity index (χ1) is 10.9. The molecule has 0 aromatic heterocycles. The van der Waals surface area contributed by atoms with E-state index in [0.29, 0.717) is 0 Å². The molecule has 0 saturated carbocycles. The molecule has 132 valence electrons. The predicted octanol–water partition coefficient (Wildman–Crippen LogP) is 4.84. The average Bonchev–Trinajstić information content (AvgIpc) is 2.58. The Hall–Kier alpha value is -0.0826. The SMILES string of the molecule is [O-2].[O-2].[O-2].[Sn+3][CH2]CCCc1ccccc1.[Sn+3][CH2]CCCc1ccccc1. The van der Waals surface area contributed by atoms with Crippen molar-refractivity contribution in [2.75, 3.05) is 0 Å². The summed E-state index contributed by atoms with van der Waals surface area (Å²) in [6.07, 6.45) is 8.02. The topological polar surface area (TPSA) is 85.5 Å². The molecule has 2 rings (SSSR count). The molecule has 25 heavy (non-hydrogen) atoms. The molecule has 0 N–H and O–H groups in total. The van der Waals surface area contributed by atoms with Crippen LogP contribution in [0, 0.1) is 0 Å². The van der Waals surface area contributed by atoms with E-state index < -0.39 is 0 Å². The number of benzene rings is 2. The zero-order chi connectivity index (χ0) is 15.9. The van der Waals surface area contributed by atoms with Gasteiger partial charge in [0.05, 0.1) is 0 Å². The van der Waals surface area contributed by atoms with Crippen molar-refractivity contribution >= 4 is 45.0 Å². The van der Waals surface area contributed by atoms with Crippen LogP contribution in [0.15, 0.2) is 60.7 Å². The summed E-state index contributed by atoms with van der Waals surface area (Å²) in [4.78, 5) is 0. The monoisotopic (exact) mass is 554 g/mol. The Kier molecular flexibility index (Phi) is 26.1. The van der Waals surface area contributed by atoms with Gasteiger partial charge in [-0.3, -0.25) is 0 Å². The minimum atomic E-state index is 0. The van der Waals surface area contributed by atoms with Crippen LogP contribution < -0.4 is 0 Å². The Morgan fingerprint density at radius 3 is 1.08 bits per heavy atom. The first-order valence-electron chi connectivity index (χ1n) is 8.24. The van der Waals surface area contributed by atoms with E-state index in [1.807, 2.05) is 0 Å². The van der Waals surface area contributed by atoms with E-state index in [0.717, 1.165) is 0 Å². The molecule has 5 heteroatoms. The zero-order valence-corrected chi connectivity index (χ0v) is 20.4. The van der Waals surface area contributed by atoms with Gasteiger partial charge in [-0.25, -0.2) is 0 Å². The van der Waals surface area contributed by atoms with Crippen molar-refractivity contribution in [3.8, 4) is 0 Å². The summed E-state index contributed by atoms with van der Waals surface area (Å²) in [6, 6.07) is 21.5. The van der Waals surface area contributed by atoms with Crippen LogP contribution >= 0.6 is 0 Å². The van der Waals surface area contributed by atoms with Crippen LogP contribution in [0.25, 0.3) is 0 Å². The van der Waals surface area contributed by atoms with Crippen LogP contribution in [0.2, 0.25) is 8.87 Å².